The predicted octanol–water partition coefficient (Wildman–Crippen LogP) is 3.36. The Bertz CT molecular complexity index is 642. The average Bonchev–Trinajstić information content (AvgIpc) is 3.24. The van der Waals surface area contributed by atoms with Crippen molar-refractivity contribution in [3.05, 3.63) is 23.9 Å². The van der Waals surface area contributed by atoms with Gasteiger partial charge in [-0.25, -0.2) is 4.98 Å². The molecule has 0 bridgehead atoms. The molecule has 1 saturated carbocycles. The van der Waals surface area contributed by atoms with Gasteiger partial charge in [-0.2, -0.15) is 13.2 Å². The number of nitrogens with one attached hydrogen (secondary N) is 1. The standard InChI is InChI=1S/C18H25F3N4O/c1-22-16(25-9-7-17(12-25)5-2-3-6-17)24-11-14-4-8-23-15(10-14)26-13-18(19,20)21/h4,8,10H,2-3,5-7,9,11-13H2,1H3,(H,22,24). The van der Waals surface area contributed by atoms with Gasteiger partial charge < -0.3 is 15.0 Å². The molecule has 0 radical (unpaired) electrons. The van der Waals surface area contributed by atoms with Gasteiger partial charge in [0.15, 0.2) is 12.6 Å². The van der Waals surface area contributed by atoms with Crippen LogP contribution in [0, 0.1) is 5.41 Å². The van der Waals surface area contributed by atoms with Crippen LogP contribution in [0.3, 0.4) is 0 Å². The fraction of sp³-hybridized carbons (Fsp3) is 0.667. The molecule has 26 heavy (non-hydrogen) atoms. The molecule has 1 aromatic heterocycles. The van der Waals surface area contributed by atoms with Gasteiger partial charge in [0, 0.05) is 38.9 Å². The highest BCUT2D eigenvalue weighted by Crippen LogP contribution is 2.45. The van der Waals surface area contributed by atoms with E-state index in [1.54, 1.807) is 13.1 Å². The molecular weight excluding hydrogens is 345 g/mol. The molecule has 1 N–H and O–H groups in total. The lowest BCUT2D eigenvalue weighted by atomic mass is 9.86. The number of hydrogen-bond donors (Lipinski definition) is 1. The van der Waals surface area contributed by atoms with Crippen LogP contribution in [0.4, 0.5) is 13.2 Å². The van der Waals surface area contributed by atoms with Crippen LogP contribution in [0.15, 0.2) is 23.3 Å². The first-order valence-corrected chi connectivity index (χ1v) is 8.99. The van der Waals surface area contributed by atoms with Gasteiger partial charge in [-0.15, -0.1) is 0 Å². The number of rotatable bonds is 4. The number of ether oxygens (including phenoxy) is 1. The van der Waals surface area contributed by atoms with Crippen molar-refractivity contribution in [1.82, 2.24) is 15.2 Å². The lowest BCUT2D eigenvalue weighted by molar-refractivity contribution is -0.154. The smallest absolute Gasteiger partial charge is 0.422 e. The molecule has 3 rings (SSSR count). The molecule has 1 saturated heterocycles. The maximum Gasteiger partial charge on any atom is 0.422 e. The lowest BCUT2D eigenvalue weighted by Gasteiger charge is -2.26. The van der Waals surface area contributed by atoms with Gasteiger partial charge in [0.2, 0.25) is 5.88 Å². The molecule has 2 fully saturated rings. The molecule has 0 atom stereocenters. The van der Waals surface area contributed by atoms with Crippen LogP contribution in [-0.2, 0) is 6.54 Å². The van der Waals surface area contributed by atoms with Gasteiger partial charge in [0.05, 0.1) is 0 Å². The number of guanidine groups is 1. The van der Waals surface area contributed by atoms with Crippen molar-refractivity contribution in [2.75, 3.05) is 26.7 Å². The van der Waals surface area contributed by atoms with Crippen LogP contribution in [0.1, 0.15) is 37.7 Å². The molecule has 2 heterocycles. The van der Waals surface area contributed by atoms with Gasteiger partial charge in [-0.05, 0) is 36.3 Å². The van der Waals surface area contributed by atoms with Crippen molar-refractivity contribution in [3.8, 4) is 5.88 Å². The van der Waals surface area contributed by atoms with Crippen LogP contribution < -0.4 is 10.1 Å². The van der Waals surface area contributed by atoms with Gasteiger partial charge in [0.1, 0.15) is 0 Å². The minimum atomic E-state index is -4.37. The molecule has 5 nitrogen and oxygen atoms in total. The molecule has 1 aliphatic heterocycles. The summed E-state index contributed by atoms with van der Waals surface area (Å²) in [7, 11) is 1.76. The van der Waals surface area contributed by atoms with Gasteiger partial charge in [-0.1, -0.05) is 12.8 Å². The van der Waals surface area contributed by atoms with E-state index in [-0.39, 0.29) is 5.88 Å². The van der Waals surface area contributed by atoms with Crippen LogP contribution in [0.2, 0.25) is 0 Å². The normalized spacial score (nSPS) is 20.0. The van der Waals surface area contributed by atoms with Crippen molar-refractivity contribution >= 4 is 5.96 Å². The highest BCUT2D eigenvalue weighted by atomic mass is 19.4. The Hall–Kier alpha value is -1.99. The van der Waals surface area contributed by atoms with Gasteiger partial charge >= 0.3 is 6.18 Å². The summed E-state index contributed by atoms with van der Waals surface area (Å²) in [6, 6.07) is 3.28. The molecule has 144 valence electrons. The summed E-state index contributed by atoms with van der Waals surface area (Å²) in [5, 5.41) is 3.30. The SMILES string of the molecule is CN=C(NCc1ccnc(OCC(F)(F)F)c1)N1CCC2(CCCC2)C1. The quantitative estimate of drug-likeness (QED) is 0.652. The third-order valence-electron chi connectivity index (χ3n) is 5.25. The topological polar surface area (TPSA) is 49.8 Å². The average molecular weight is 370 g/mol. The molecule has 8 heteroatoms. The Labute approximate surface area is 151 Å². The summed E-state index contributed by atoms with van der Waals surface area (Å²) in [6.45, 7) is 1.15. The monoisotopic (exact) mass is 370 g/mol. The van der Waals surface area contributed by atoms with Crippen molar-refractivity contribution in [3.63, 3.8) is 0 Å². The molecule has 0 unspecified atom stereocenters. The first kappa shape index (κ1) is 18.8. The summed E-state index contributed by atoms with van der Waals surface area (Å²) in [6.07, 6.45) is 3.52. The zero-order valence-corrected chi connectivity index (χ0v) is 15.0. The van der Waals surface area contributed by atoms with E-state index in [0.29, 0.717) is 12.0 Å². The third-order valence-corrected chi connectivity index (χ3v) is 5.25. The summed E-state index contributed by atoms with van der Waals surface area (Å²) in [4.78, 5) is 10.5. The first-order chi connectivity index (χ1) is 12.4. The Balaban J connectivity index is 1.54. The van der Waals surface area contributed by atoms with Crippen LogP contribution in [-0.4, -0.2) is 48.8 Å². The first-order valence-electron chi connectivity index (χ1n) is 8.99. The molecule has 1 spiro atoms. The Morgan fingerprint density at radius 1 is 1.35 bits per heavy atom. The number of halogens is 3. The zero-order valence-electron chi connectivity index (χ0n) is 15.0. The number of pyridine rings is 1. The van der Waals surface area contributed by atoms with E-state index in [0.717, 1.165) is 24.6 Å². The Morgan fingerprint density at radius 3 is 2.81 bits per heavy atom. The van der Waals surface area contributed by atoms with Crippen molar-refractivity contribution in [2.24, 2.45) is 10.4 Å². The van der Waals surface area contributed by atoms with Crippen LogP contribution in [0.25, 0.3) is 0 Å². The predicted molar refractivity (Wildman–Crippen MR) is 93.1 cm³/mol. The van der Waals surface area contributed by atoms with E-state index in [9.17, 15) is 13.2 Å². The molecule has 0 amide bonds. The van der Waals surface area contributed by atoms with Crippen molar-refractivity contribution in [1.29, 1.82) is 0 Å². The number of hydrogen-bond acceptors (Lipinski definition) is 3. The summed E-state index contributed by atoms with van der Waals surface area (Å²) in [5.74, 6) is 0.811. The van der Waals surface area contributed by atoms with Gasteiger partial charge in [-0.3, -0.25) is 4.99 Å². The second kappa shape index (κ2) is 7.72. The molecule has 2 aliphatic rings. The maximum absolute atomic E-state index is 12.3. The largest absolute Gasteiger partial charge is 0.468 e. The fourth-order valence-electron chi connectivity index (χ4n) is 3.96. The molecule has 1 aromatic rings. The second-order valence-electron chi connectivity index (χ2n) is 7.19. The van der Waals surface area contributed by atoms with Gasteiger partial charge in [0.25, 0.3) is 0 Å². The number of alkyl halides is 3. The van der Waals surface area contributed by atoms with Crippen LogP contribution in [0.5, 0.6) is 5.88 Å². The Kier molecular flexibility index (Phi) is 5.58. The molecule has 0 aromatic carbocycles. The van der Waals surface area contributed by atoms with Crippen molar-refractivity contribution in [2.45, 2.75) is 44.8 Å². The maximum atomic E-state index is 12.3. The van der Waals surface area contributed by atoms with E-state index < -0.39 is 12.8 Å². The van der Waals surface area contributed by atoms with E-state index >= 15 is 0 Å². The van der Waals surface area contributed by atoms with Crippen LogP contribution >= 0.6 is 0 Å². The highest BCUT2D eigenvalue weighted by molar-refractivity contribution is 5.80. The lowest BCUT2D eigenvalue weighted by Crippen LogP contribution is -2.40. The summed E-state index contributed by atoms with van der Waals surface area (Å²) < 4.78 is 41.5. The second-order valence-corrected chi connectivity index (χ2v) is 7.19. The highest BCUT2D eigenvalue weighted by Gasteiger charge is 2.41. The fourth-order valence-corrected chi connectivity index (χ4v) is 3.96. The number of aromatic nitrogens is 1. The zero-order chi connectivity index (χ0) is 18.6. The van der Waals surface area contributed by atoms with E-state index in [2.05, 4.69) is 20.2 Å². The van der Waals surface area contributed by atoms with Crippen molar-refractivity contribution < 1.29 is 17.9 Å². The summed E-state index contributed by atoms with van der Waals surface area (Å²) in [5.41, 5.74) is 1.25. The number of aliphatic imine (C=N–C) groups is 1. The minimum absolute atomic E-state index is 0.0253. The Morgan fingerprint density at radius 2 is 2.12 bits per heavy atom. The number of nitrogens with zero attached hydrogens (tertiary/aromatic N) is 3. The third kappa shape index (κ3) is 4.80. The number of likely N-dealkylation sites (tertiary alicyclic amines) is 1. The van der Waals surface area contributed by atoms with E-state index in [1.165, 1.54) is 44.4 Å². The van der Waals surface area contributed by atoms with E-state index in [1.807, 2.05) is 0 Å². The molecule has 1 aliphatic carbocycles. The molecular formula is C18H25F3N4O. The minimum Gasteiger partial charge on any atom is -0.468 e. The van der Waals surface area contributed by atoms with E-state index in [4.69, 9.17) is 4.74 Å². The summed E-state index contributed by atoms with van der Waals surface area (Å²) >= 11 is 0.